The Morgan fingerprint density at radius 1 is 1.24 bits per heavy atom. The van der Waals surface area contributed by atoms with Gasteiger partial charge < -0.3 is 16.1 Å². The Balaban J connectivity index is 1.60. The van der Waals surface area contributed by atoms with Gasteiger partial charge in [0.1, 0.15) is 13.9 Å². The summed E-state index contributed by atoms with van der Waals surface area (Å²) in [5.74, 6) is -0.601. The SMILES string of the molecule is [B]C(Nc1cc(Cl)c2ncc(C#N)c(NCC(C)(C)C)c2c1)(C1=CN(C2CC2)NN1)c1ccc(F)nc1. The molecule has 4 N–H and O–H groups in total. The first-order chi connectivity index (χ1) is 17.6. The van der Waals surface area contributed by atoms with Gasteiger partial charge >= 0.3 is 0 Å². The Morgan fingerprint density at radius 3 is 2.68 bits per heavy atom. The van der Waals surface area contributed by atoms with Gasteiger partial charge in [-0.1, -0.05) is 38.4 Å². The molecule has 0 bridgehead atoms. The Morgan fingerprint density at radius 2 is 2.03 bits per heavy atom. The highest BCUT2D eigenvalue weighted by molar-refractivity contribution is 6.36. The summed E-state index contributed by atoms with van der Waals surface area (Å²) in [5, 5.41) is 19.6. The third kappa shape index (κ3) is 5.15. The summed E-state index contributed by atoms with van der Waals surface area (Å²) in [6.45, 7) is 6.96. The van der Waals surface area contributed by atoms with E-state index in [1.165, 1.54) is 18.5 Å². The van der Waals surface area contributed by atoms with Crippen LogP contribution in [0.25, 0.3) is 10.9 Å². The maximum atomic E-state index is 13.7. The number of aromatic nitrogens is 2. The molecule has 1 aliphatic carbocycles. The number of pyridine rings is 2. The molecule has 2 radical (unpaired) electrons. The number of hydrogen-bond acceptors (Lipinski definition) is 8. The van der Waals surface area contributed by atoms with E-state index in [0.717, 1.165) is 12.8 Å². The molecule has 1 saturated carbocycles. The average Bonchev–Trinajstić information content (AvgIpc) is 3.58. The van der Waals surface area contributed by atoms with Crippen molar-refractivity contribution in [3.8, 4) is 6.07 Å². The number of fused-ring (bicyclic) bond motifs is 1. The zero-order chi connectivity index (χ0) is 26.4. The van der Waals surface area contributed by atoms with Gasteiger partial charge in [-0.05, 0) is 42.0 Å². The monoisotopic (exact) mass is 516 g/mol. The van der Waals surface area contributed by atoms with Gasteiger partial charge in [-0.3, -0.25) is 9.99 Å². The maximum absolute atomic E-state index is 13.7. The molecule has 2 aliphatic rings. The Bertz CT molecular complexity index is 1410. The molecular weight excluding hydrogens is 490 g/mol. The molecule has 1 fully saturated rings. The Kier molecular flexibility index (Phi) is 6.38. The van der Waals surface area contributed by atoms with Crippen LogP contribution in [0, 0.1) is 22.7 Å². The van der Waals surface area contributed by atoms with Crippen LogP contribution in [0.15, 0.2) is 48.6 Å². The number of halogens is 2. The maximum Gasteiger partial charge on any atom is 0.212 e. The molecular formula is C26H27BClFN8. The second-order valence-electron chi connectivity index (χ2n) is 10.6. The number of anilines is 2. The lowest BCUT2D eigenvalue weighted by atomic mass is 9.70. The summed E-state index contributed by atoms with van der Waals surface area (Å²) >= 11 is 6.68. The first-order valence-corrected chi connectivity index (χ1v) is 12.4. The lowest BCUT2D eigenvalue weighted by Crippen LogP contribution is -2.45. The van der Waals surface area contributed by atoms with Crippen LogP contribution in [-0.2, 0) is 5.44 Å². The number of nitriles is 1. The summed E-state index contributed by atoms with van der Waals surface area (Å²) in [6, 6.07) is 9.06. The number of hydrogen-bond donors (Lipinski definition) is 4. The van der Waals surface area contributed by atoms with Crippen molar-refractivity contribution in [1.29, 1.82) is 5.26 Å². The predicted molar refractivity (Wildman–Crippen MR) is 144 cm³/mol. The molecule has 1 unspecified atom stereocenters. The molecule has 3 aromatic rings. The van der Waals surface area contributed by atoms with Gasteiger partial charge in [0.25, 0.3) is 0 Å². The summed E-state index contributed by atoms with van der Waals surface area (Å²) in [6.07, 6.45) is 7.00. The van der Waals surface area contributed by atoms with E-state index in [9.17, 15) is 9.65 Å². The average molecular weight is 517 g/mol. The van der Waals surface area contributed by atoms with Crippen LogP contribution in [0.4, 0.5) is 15.8 Å². The molecule has 8 nitrogen and oxygen atoms in total. The minimum atomic E-state index is -1.31. The molecule has 11 heteroatoms. The van der Waals surface area contributed by atoms with Crippen LogP contribution in [-0.4, -0.2) is 35.4 Å². The van der Waals surface area contributed by atoms with E-state index in [1.807, 2.05) is 17.3 Å². The molecule has 37 heavy (non-hydrogen) atoms. The molecule has 1 atom stereocenters. The minimum Gasteiger partial charge on any atom is -0.383 e. The molecule has 5 rings (SSSR count). The molecule has 3 heterocycles. The second-order valence-corrected chi connectivity index (χ2v) is 11.1. The lowest BCUT2D eigenvalue weighted by molar-refractivity contribution is 0.260. The van der Waals surface area contributed by atoms with E-state index < -0.39 is 11.4 Å². The van der Waals surface area contributed by atoms with Crippen molar-refractivity contribution in [2.75, 3.05) is 17.2 Å². The quantitative estimate of drug-likeness (QED) is 0.269. The van der Waals surface area contributed by atoms with E-state index in [2.05, 4.69) is 58.4 Å². The van der Waals surface area contributed by atoms with E-state index >= 15 is 0 Å². The number of benzene rings is 1. The molecule has 2 aromatic heterocycles. The van der Waals surface area contributed by atoms with Crippen molar-refractivity contribution in [2.24, 2.45) is 5.41 Å². The first-order valence-electron chi connectivity index (χ1n) is 12.0. The highest BCUT2D eigenvalue weighted by atomic mass is 35.5. The number of rotatable bonds is 7. The number of nitrogens with zero attached hydrogens (tertiary/aromatic N) is 4. The van der Waals surface area contributed by atoms with Gasteiger partial charge in [-0.15, -0.1) is 5.53 Å². The van der Waals surface area contributed by atoms with Crippen molar-refractivity contribution in [2.45, 2.75) is 45.1 Å². The van der Waals surface area contributed by atoms with Crippen LogP contribution in [0.5, 0.6) is 0 Å². The predicted octanol–water partition coefficient (Wildman–Crippen LogP) is 4.51. The second kappa shape index (κ2) is 9.40. The Labute approximate surface area is 221 Å². The van der Waals surface area contributed by atoms with E-state index in [4.69, 9.17) is 19.4 Å². The minimum absolute atomic E-state index is 0.0228. The summed E-state index contributed by atoms with van der Waals surface area (Å²) in [7, 11) is 7.00. The summed E-state index contributed by atoms with van der Waals surface area (Å²) in [4.78, 5) is 8.25. The lowest BCUT2D eigenvalue weighted by Gasteiger charge is -2.34. The van der Waals surface area contributed by atoms with E-state index in [1.54, 1.807) is 12.1 Å². The van der Waals surface area contributed by atoms with Crippen LogP contribution < -0.4 is 21.6 Å². The normalized spacial score (nSPS) is 17.1. The fraction of sp³-hybridized carbons (Fsp3) is 0.346. The van der Waals surface area contributed by atoms with Crippen LogP contribution >= 0.6 is 11.6 Å². The highest BCUT2D eigenvalue weighted by Gasteiger charge is 2.38. The van der Waals surface area contributed by atoms with E-state index in [0.29, 0.717) is 56.7 Å². The highest BCUT2D eigenvalue weighted by Crippen LogP contribution is 2.38. The largest absolute Gasteiger partial charge is 0.383 e. The Hall–Kier alpha value is -3.55. The zero-order valence-corrected chi connectivity index (χ0v) is 21.6. The number of nitrogens with one attached hydrogen (secondary N) is 4. The topological polar surface area (TPSA) is 101 Å². The van der Waals surface area contributed by atoms with Crippen LogP contribution in [0.2, 0.25) is 5.02 Å². The molecule has 1 aromatic carbocycles. The van der Waals surface area contributed by atoms with Gasteiger partial charge in [0.05, 0.1) is 32.9 Å². The summed E-state index contributed by atoms with van der Waals surface area (Å²) in [5.41, 5.74) is 8.33. The first kappa shape index (κ1) is 25.1. The molecule has 188 valence electrons. The smallest absolute Gasteiger partial charge is 0.212 e. The van der Waals surface area contributed by atoms with Crippen molar-refractivity contribution in [1.82, 2.24) is 25.9 Å². The van der Waals surface area contributed by atoms with Crippen molar-refractivity contribution in [3.05, 3.63) is 70.7 Å². The van der Waals surface area contributed by atoms with E-state index in [-0.39, 0.29) is 5.41 Å². The third-order valence-corrected chi connectivity index (χ3v) is 6.61. The standard InChI is InChI=1S/C26H27BClFN8/c1-25(2,3)14-33-23-15(10-30)11-32-24-19(23)8-17(9-20(24)28)34-26(27,16-4-7-22(29)31-12-16)21-13-37(36-35-21)18-5-6-18/h4,7-9,11-13,18,34-36H,5-6,14H2,1-3H3,(H,32,33). The van der Waals surface area contributed by atoms with Gasteiger partial charge in [-0.2, -0.15) is 9.65 Å². The number of hydrazine groups is 2. The van der Waals surface area contributed by atoms with Gasteiger partial charge in [0, 0.05) is 42.3 Å². The van der Waals surface area contributed by atoms with Crippen molar-refractivity contribution in [3.63, 3.8) is 0 Å². The third-order valence-electron chi connectivity index (χ3n) is 6.32. The van der Waals surface area contributed by atoms with Crippen molar-refractivity contribution >= 4 is 41.7 Å². The fourth-order valence-corrected chi connectivity index (χ4v) is 4.44. The van der Waals surface area contributed by atoms with Gasteiger partial charge in [0.15, 0.2) is 0 Å². The van der Waals surface area contributed by atoms with Crippen LogP contribution in [0.1, 0.15) is 44.7 Å². The molecule has 1 aliphatic heterocycles. The summed E-state index contributed by atoms with van der Waals surface area (Å²) < 4.78 is 13.7. The van der Waals surface area contributed by atoms with Gasteiger partial charge in [-0.25, -0.2) is 4.98 Å². The molecule has 0 amide bonds. The van der Waals surface area contributed by atoms with Gasteiger partial charge in [0.2, 0.25) is 5.95 Å². The molecule has 0 spiro atoms. The van der Waals surface area contributed by atoms with Crippen molar-refractivity contribution < 1.29 is 4.39 Å². The molecule has 0 saturated heterocycles. The fourth-order valence-electron chi connectivity index (χ4n) is 4.17. The zero-order valence-electron chi connectivity index (χ0n) is 20.9. The van der Waals surface area contributed by atoms with Crippen LogP contribution in [0.3, 0.4) is 0 Å².